The predicted molar refractivity (Wildman–Crippen MR) is 99.3 cm³/mol. The number of fused-ring (bicyclic) bond motifs is 3. The van der Waals surface area contributed by atoms with Gasteiger partial charge in [0.15, 0.2) is 5.78 Å². The van der Waals surface area contributed by atoms with E-state index in [4.69, 9.17) is 4.74 Å². The molecule has 0 radical (unpaired) electrons. The van der Waals surface area contributed by atoms with Crippen LogP contribution < -0.4 is 10.1 Å². The van der Waals surface area contributed by atoms with Crippen molar-refractivity contribution >= 4 is 11.7 Å². The number of benzene rings is 1. The van der Waals surface area contributed by atoms with Gasteiger partial charge in [0.2, 0.25) is 5.91 Å². The van der Waals surface area contributed by atoms with Crippen LogP contribution in [0.4, 0.5) is 0 Å². The summed E-state index contributed by atoms with van der Waals surface area (Å²) < 4.78 is 6.39. The number of nitrogens with one attached hydrogen (secondary N) is 1. The van der Waals surface area contributed by atoms with Crippen molar-refractivity contribution in [1.29, 1.82) is 0 Å². The van der Waals surface area contributed by atoms with Gasteiger partial charge in [0.05, 0.1) is 12.0 Å². The molecule has 1 aliphatic heterocycles. The Bertz CT molecular complexity index is 926. The maximum absolute atomic E-state index is 12.8. The molecule has 1 aromatic heterocycles. The number of carbonyl (C=O) groups excluding carboxylic acids is 2. The van der Waals surface area contributed by atoms with Crippen molar-refractivity contribution in [3.8, 4) is 5.75 Å². The van der Waals surface area contributed by atoms with Crippen LogP contribution in [0.1, 0.15) is 40.7 Å². The van der Waals surface area contributed by atoms with Crippen LogP contribution in [0, 0.1) is 24.7 Å². The maximum atomic E-state index is 12.8. The first-order valence-electron chi connectivity index (χ1n) is 9.57. The van der Waals surface area contributed by atoms with Gasteiger partial charge in [-0.3, -0.25) is 14.6 Å². The van der Waals surface area contributed by atoms with E-state index in [0.29, 0.717) is 30.2 Å². The van der Waals surface area contributed by atoms with Gasteiger partial charge < -0.3 is 10.1 Å². The minimum absolute atomic E-state index is 0.0461. The van der Waals surface area contributed by atoms with E-state index in [1.807, 2.05) is 37.3 Å². The molecule has 138 valence electrons. The predicted octanol–water partition coefficient (Wildman–Crippen LogP) is 3.07. The quantitative estimate of drug-likeness (QED) is 0.911. The molecule has 5 rings (SSSR count). The Morgan fingerprint density at radius 2 is 2.26 bits per heavy atom. The third-order valence-electron chi connectivity index (χ3n) is 6.38. The number of nitrogens with zero attached hydrogens (tertiary/aromatic N) is 1. The Morgan fingerprint density at radius 3 is 3.07 bits per heavy atom. The second kappa shape index (κ2) is 5.91. The molecule has 1 aromatic carbocycles. The van der Waals surface area contributed by atoms with Crippen LogP contribution >= 0.6 is 0 Å². The fourth-order valence-electron chi connectivity index (χ4n) is 5.09. The minimum atomic E-state index is -0.500. The van der Waals surface area contributed by atoms with E-state index in [2.05, 4.69) is 10.3 Å². The van der Waals surface area contributed by atoms with Crippen molar-refractivity contribution in [2.45, 2.75) is 38.3 Å². The number of ether oxygens (including phenoxy) is 1. The number of aromatic nitrogens is 1. The lowest BCUT2D eigenvalue weighted by atomic mass is 9.84. The van der Waals surface area contributed by atoms with Gasteiger partial charge in [-0.25, -0.2) is 0 Å². The van der Waals surface area contributed by atoms with Crippen LogP contribution in [0.3, 0.4) is 0 Å². The number of hydrogen-bond donors (Lipinski definition) is 1. The number of pyridine rings is 1. The van der Waals surface area contributed by atoms with E-state index in [1.54, 1.807) is 12.4 Å². The summed E-state index contributed by atoms with van der Waals surface area (Å²) in [7, 11) is 0. The average molecular weight is 362 g/mol. The van der Waals surface area contributed by atoms with Crippen LogP contribution in [-0.2, 0) is 11.3 Å². The second-order valence-electron chi connectivity index (χ2n) is 8.10. The molecular weight excluding hydrogens is 340 g/mol. The summed E-state index contributed by atoms with van der Waals surface area (Å²) in [5, 5.41) is 3.03. The number of amides is 1. The van der Waals surface area contributed by atoms with Crippen molar-refractivity contribution in [2.24, 2.45) is 17.8 Å². The average Bonchev–Trinajstić information content (AvgIpc) is 3.32. The van der Waals surface area contributed by atoms with Gasteiger partial charge in [0.1, 0.15) is 11.4 Å². The summed E-state index contributed by atoms with van der Waals surface area (Å²) >= 11 is 0. The fraction of sp³-hybridized carbons (Fsp3) is 0.409. The van der Waals surface area contributed by atoms with Crippen molar-refractivity contribution in [2.75, 3.05) is 0 Å². The van der Waals surface area contributed by atoms with Gasteiger partial charge in [0, 0.05) is 30.8 Å². The first-order valence-corrected chi connectivity index (χ1v) is 9.57. The third-order valence-corrected chi connectivity index (χ3v) is 6.38. The highest BCUT2D eigenvalue weighted by molar-refractivity contribution is 6.01. The van der Waals surface area contributed by atoms with E-state index in [-0.39, 0.29) is 23.5 Å². The molecule has 5 nitrogen and oxygen atoms in total. The number of aryl methyl sites for hydroxylation is 1. The summed E-state index contributed by atoms with van der Waals surface area (Å²) in [6, 6.07) is 9.59. The Labute approximate surface area is 158 Å². The molecule has 0 saturated heterocycles. The number of carbonyl (C=O) groups is 2. The first kappa shape index (κ1) is 16.5. The number of Topliss-reactive ketones (excluding diaryl/α,β-unsaturated/α-hetero) is 1. The number of hydrogen-bond acceptors (Lipinski definition) is 4. The van der Waals surface area contributed by atoms with Crippen LogP contribution in [-0.4, -0.2) is 22.3 Å². The highest BCUT2D eigenvalue weighted by Crippen LogP contribution is 2.65. The molecule has 1 N–H and O–H groups in total. The first-order chi connectivity index (χ1) is 13.1. The van der Waals surface area contributed by atoms with Crippen LogP contribution in [0.25, 0.3) is 0 Å². The van der Waals surface area contributed by atoms with E-state index in [0.717, 1.165) is 24.0 Å². The fourth-order valence-corrected chi connectivity index (χ4v) is 5.09. The molecule has 1 spiro atoms. The van der Waals surface area contributed by atoms with Crippen molar-refractivity contribution in [3.63, 3.8) is 0 Å². The van der Waals surface area contributed by atoms with Crippen molar-refractivity contribution < 1.29 is 14.3 Å². The zero-order chi connectivity index (χ0) is 18.6. The summed E-state index contributed by atoms with van der Waals surface area (Å²) in [6.07, 6.45) is 5.67. The van der Waals surface area contributed by atoms with E-state index in [1.165, 1.54) is 0 Å². The Kier molecular flexibility index (Phi) is 3.61. The van der Waals surface area contributed by atoms with Crippen molar-refractivity contribution in [1.82, 2.24) is 10.3 Å². The van der Waals surface area contributed by atoms with E-state index < -0.39 is 5.60 Å². The minimum Gasteiger partial charge on any atom is -0.486 e. The summed E-state index contributed by atoms with van der Waals surface area (Å²) in [5.74, 6) is 1.32. The monoisotopic (exact) mass is 362 g/mol. The molecule has 2 aromatic rings. The third kappa shape index (κ3) is 2.64. The van der Waals surface area contributed by atoms with Crippen LogP contribution in [0.2, 0.25) is 0 Å². The lowest BCUT2D eigenvalue weighted by molar-refractivity contribution is -0.124. The van der Waals surface area contributed by atoms with Gasteiger partial charge in [-0.05, 0) is 49.4 Å². The lowest BCUT2D eigenvalue weighted by Crippen LogP contribution is -2.44. The van der Waals surface area contributed by atoms with Gasteiger partial charge in [-0.1, -0.05) is 17.7 Å². The number of rotatable bonds is 3. The number of ketones is 1. The van der Waals surface area contributed by atoms with Gasteiger partial charge in [-0.2, -0.15) is 0 Å². The SMILES string of the molecule is Cc1ccc2c(c1)C(=O)C[C@]1(CC[C@@H]3[C@H](C(=O)NCc4cccnc4)[C@@H]31)O2. The normalized spacial score (nSPS) is 30.4. The molecule has 5 heteroatoms. The smallest absolute Gasteiger partial charge is 0.224 e. The molecular formula is C22H22N2O3. The lowest BCUT2D eigenvalue weighted by Gasteiger charge is -2.37. The highest BCUT2D eigenvalue weighted by Gasteiger charge is 2.70. The Hall–Kier alpha value is -2.69. The van der Waals surface area contributed by atoms with Crippen molar-refractivity contribution in [3.05, 3.63) is 59.4 Å². The van der Waals surface area contributed by atoms with Gasteiger partial charge >= 0.3 is 0 Å². The molecule has 4 atom stereocenters. The molecule has 3 aliphatic rings. The Morgan fingerprint density at radius 1 is 1.37 bits per heavy atom. The molecule has 2 saturated carbocycles. The molecule has 1 amide bonds. The molecule has 0 unspecified atom stereocenters. The molecule has 2 heterocycles. The standard InChI is InChI=1S/C22H22N2O3/c1-13-4-5-18-16(9-13)17(25)10-22(27-18)7-6-15-19(20(15)22)21(26)24-12-14-3-2-8-23-11-14/h2-5,8-9,11,15,19-20H,6-7,10,12H2,1H3,(H,24,26)/t15-,19+,20-,22+/m1/s1. The van der Waals surface area contributed by atoms with Crippen LogP contribution in [0.15, 0.2) is 42.7 Å². The van der Waals surface area contributed by atoms with Gasteiger partial charge in [0.25, 0.3) is 0 Å². The largest absolute Gasteiger partial charge is 0.486 e. The highest BCUT2D eigenvalue weighted by atomic mass is 16.5. The van der Waals surface area contributed by atoms with Crippen LogP contribution in [0.5, 0.6) is 5.75 Å². The molecule has 2 fully saturated rings. The van der Waals surface area contributed by atoms with E-state index >= 15 is 0 Å². The molecule has 2 aliphatic carbocycles. The molecule has 27 heavy (non-hydrogen) atoms. The topological polar surface area (TPSA) is 68.3 Å². The maximum Gasteiger partial charge on any atom is 0.224 e. The zero-order valence-electron chi connectivity index (χ0n) is 15.3. The Balaban J connectivity index is 1.31. The van der Waals surface area contributed by atoms with Gasteiger partial charge in [-0.15, -0.1) is 0 Å². The molecule has 0 bridgehead atoms. The van der Waals surface area contributed by atoms with E-state index in [9.17, 15) is 9.59 Å². The summed E-state index contributed by atoms with van der Waals surface area (Å²) in [5.41, 5.74) is 2.23. The zero-order valence-corrected chi connectivity index (χ0v) is 15.3. The second-order valence-corrected chi connectivity index (χ2v) is 8.10. The summed E-state index contributed by atoms with van der Waals surface area (Å²) in [6.45, 7) is 2.46. The summed E-state index contributed by atoms with van der Waals surface area (Å²) in [4.78, 5) is 29.6.